The lowest BCUT2D eigenvalue weighted by Crippen LogP contribution is -1.85. The molecular formula is C34H25P. The Morgan fingerprint density at radius 3 is 0.914 bits per heavy atom. The van der Waals surface area contributed by atoms with E-state index in [1.807, 2.05) is 0 Å². The van der Waals surface area contributed by atoms with Gasteiger partial charge in [0.25, 0.3) is 0 Å². The molecule has 0 bridgehead atoms. The number of rotatable bonds is 5. The minimum Gasteiger partial charge on any atom is -0.0760 e. The highest BCUT2D eigenvalue weighted by atomic mass is 31.1. The minimum atomic E-state index is -0.786. The van der Waals surface area contributed by atoms with Gasteiger partial charge in [-0.05, 0) is 27.6 Å². The molecule has 1 heteroatoms. The normalized spacial score (nSPS) is 10.9. The molecule has 0 saturated heterocycles. The average molecular weight is 465 g/mol. The van der Waals surface area contributed by atoms with E-state index in [2.05, 4.69) is 152 Å². The van der Waals surface area contributed by atoms with Gasteiger partial charge in [-0.25, -0.2) is 0 Å². The second kappa shape index (κ2) is 9.63. The van der Waals surface area contributed by atoms with Gasteiger partial charge in [0, 0.05) is 21.7 Å². The van der Waals surface area contributed by atoms with Crippen molar-refractivity contribution in [1.82, 2.24) is 0 Å². The van der Waals surface area contributed by atoms with Crippen molar-refractivity contribution in [1.29, 1.82) is 0 Å². The van der Waals surface area contributed by atoms with Crippen molar-refractivity contribution in [2.75, 3.05) is 0 Å². The van der Waals surface area contributed by atoms with E-state index in [-0.39, 0.29) is 0 Å². The van der Waals surface area contributed by atoms with Crippen molar-refractivity contribution >= 4 is 7.53 Å². The molecular weight excluding hydrogens is 439 g/mol. The van der Waals surface area contributed by atoms with Crippen LogP contribution in [0.15, 0.2) is 152 Å². The summed E-state index contributed by atoms with van der Waals surface area (Å²) in [7, 11) is -0.786. The van der Waals surface area contributed by atoms with Gasteiger partial charge in [0.2, 0.25) is 0 Å². The Morgan fingerprint density at radius 2 is 0.571 bits per heavy atom. The maximum Gasteiger partial charge on any atom is 0.0147 e. The van der Waals surface area contributed by atoms with Crippen molar-refractivity contribution < 1.29 is 0 Å². The third-order valence-corrected chi connectivity index (χ3v) is 9.08. The maximum absolute atomic E-state index is 2.30. The van der Waals surface area contributed by atoms with E-state index in [1.54, 1.807) is 0 Å². The van der Waals surface area contributed by atoms with Crippen LogP contribution in [0.2, 0.25) is 0 Å². The molecule has 0 saturated carbocycles. The molecule has 5 aromatic carbocycles. The van der Waals surface area contributed by atoms with Crippen LogP contribution in [0.4, 0.5) is 0 Å². The molecule has 1 heterocycles. The zero-order valence-corrected chi connectivity index (χ0v) is 20.3. The summed E-state index contributed by atoms with van der Waals surface area (Å²) < 4.78 is 0. The molecule has 0 radical (unpaired) electrons. The predicted octanol–water partition coefficient (Wildman–Crippen LogP) is 10.3. The molecule has 0 unspecified atom stereocenters. The number of benzene rings is 5. The fourth-order valence-corrected chi connectivity index (χ4v) is 7.87. The molecule has 6 rings (SSSR count). The Labute approximate surface area is 208 Å². The third kappa shape index (κ3) is 4.03. The van der Waals surface area contributed by atoms with Gasteiger partial charge in [-0.2, -0.15) is 0 Å². The van der Waals surface area contributed by atoms with E-state index in [1.165, 1.54) is 49.3 Å². The van der Waals surface area contributed by atoms with E-state index in [0.717, 1.165) is 0 Å². The van der Waals surface area contributed by atoms with Gasteiger partial charge < -0.3 is 0 Å². The highest BCUT2D eigenvalue weighted by molar-refractivity contribution is 7.64. The molecule has 0 aliphatic rings. The smallest absolute Gasteiger partial charge is 0.0147 e. The predicted molar refractivity (Wildman–Crippen MR) is 152 cm³/mol. The second-order valence-electron chi connectivity index (χ2n) is 8.58. The first-order valence-electron chi connectivity index (χ1n) is 12.0. The lowest BCUT2D eigenvalue weighted by molar-refractivity contribution is 1.61. The molecule has 35 heavy (non-hydrogen) atoms. The molecule has 0 aliphatic heterocycles. The molecule has 0 atom stereocenters. The second-order valence-corrected chi connectivity index (χ2v) is 10.7. The summed E-state index contributed by atoms with van der Waals surface area (Å²) >= 11 is 0. The van der Waals surface area contributed by atoms with Crippen molar-refractivity contribution in [2.45, 2.75) is 0 Å². The Morgan fingerprint density at radius 1 is 0.286 bits per heavy atom. The Hall–Kier alpha value is -4.12. The largest absolute Gasteiger partial charge is 0.0760 e. The highest BCUT2D eigenvalue weighted by Crippen LogP contribution is 2.65. The molecule has 0 nitrogen and oxygen atoms in total. The van der Waals surface area contributed by atoms with Crippen LogP contribution in [-0.2, 0) is 0 Å². The zero-order valence-electron chi connectivity index (χ0n) is 19.4. The minimum absolute atomic E-state index is 0.786. The van der Waals surface area contributed by atoms with Gasteiger partial charge in [0.15, 0.2) is 0 Å². The number of hydrogen-bond donors (Lipinski definition) is 0. The van der Waals surface area contributed by atoms with E-state index < -0.39 is 7.53 Å². The van der Waals surface area contributed by atoms with Crippen molar-refractivity contribution in [3.05, 3.63) is 152 Å². The molecule has 166 valence electrons. The van der Waals surface area contributed by atoms with Crippen LogP contribution < -0.4 is 0 Å². The Kier molecular flexibility index (Phi) is 5.89. The van der Waals surface area contributed by atoms with E-state index in [4.69, 9.17) is 0 Å². The van der Waals surface area contributed by atoms with Crippen LogP contribution in [0.25, 0.3) is 49.3 Å². The summed E-state index contributed by atoms with van der Waals surface area (Å²) in [6.45, 7) is 0. The Balaban J connectivity index is 1.86. The van der Waals surface area contributed by atoms with Crippen molar-refractivity contribution in [3.8, 4) is 49.3 Å². The zero-order chi connectivity index (χ0) is 23.5. The standard InChI is InChI=1S/C34H25P/c1-6-16-26(17-7-1)31-32(27-18-8-2-9-19-27)34(29-22-12-4-13-23-29)35(30-24-14-5-15-25-30)33(31)28-20-10-3-11-21-28/h1-25H. The first-order valence-corrected chi connectivity index (χ1v) is 13.3. The summed E-state index contributed by atoms with van der Waals surface area (Å²) in [5.74, 6) is 0. The van der Waals surface area contributed by atoms with Gasteiger partial charge in [0.05, 0.1) is 0 Å². The lowest BCUT2D eigenvalue weighted by atomic mass is 9.91. The van der Waals surface area contributed by atoms with Gasteiger partial charge >= 0.3 is 0 Å². The fourth-order valence-electron chi connectivity index (χ4n) is 4.92. The summed E-state index contributed by atoms with van der Waals surface area (Å²) in [5.41, 5.74) is 7.80. The summed E-state index contributed by atoms with van der Waals surface area (Å²) in [6.07, 6.45) is 0. The van der Waals surface area contributed by atoms with Crippen LogP contribution >= 0.6 is 7.53 Å². The molecule has 6 aromatic rings. The first-order chi connectivity index (χ1) is 17.4. The van der Waals surface area contributed by atoms with Gasteiger partial charge in [-0.3, -0.25) is 0 Å². The van der Waals surface area contributed by atoms with Crippen LogP contribution in [0.1, 0.15) is 0 Å². The quantitative estimate of drug-likeness (QED) is 0.238. The van der Waals surface area contributed by atoms with E-state index >= 15 is 0 Å². The fraction of sp³-hybridized carbons (Fsp3) is 0. The molecule has 1 aromatic heterocycles. The molecule has 0 aliphatic carbocycles. The first kappa shape index (κ1) is 21.4. The van der Waals surface area contributed by atoms with E-state index in [0.29, 0.717) is 0 Å². The third-order valence-electron chi connectivity index (χ3n) is 6.40. The molecule has 0 N–H and O–H groups in total. The number of hydrogen-bond acceptors (Lipinski definition) is 0. The SMILES string of the molecule is c1ccc(-c2c(-c3ccccc3)c(-c3ccccc3)p(-c3ccccc3)c2-c2ccccc2)cc1. The highest BCUT2D eigenvalue weighted by Gasteiger charge is 2.27. The van der Waals surface area contributed by atoms with Crippen LogP contribution in [0.3, 0.4) is 0 Å². The van der Waals surface area contributed by atoms with Crippen LogP contribution in [0, 0.1) is 0 Å². The van der Waals surface area contributed by atoms with Crippen LogP contribution in [-0.4, -0.2) is 0 Å². The molecule has 0 fully saturated rings. The van der Waals surface area contributed by atoms with Gasteiger partial charge in [-0.1, -0.05) is 159 Å². The molecule has 0 spiro atoms. The lowest BCUT2D eigenvalue weighted by Gasteiger charge is -2.12. The van der Waals surface area contributed by atoms with Gasteiger partial charge in [-0.15, -0.1) is 0 Å². The van der Waals surface area contributed by atoms with Crippen molar-refractivity contribution in [2.24, 2.45) is 0 Å². The molecule has 0 amide bonds. The summed E-state index contributed by atoms with van der Waals surface area (Å²) in [6, 6.07) is 54.8. The average Bonchev–Trinajstić information content (AvgIpc) is 3.32. The van der Waals surface area contributed by atoms with E-state index in [9.17, 15) is 0 Å². The maximum atomic E-state index is 2.30. The monoisotopic (exact) mass is 464 g/mol. The Bertz CT molecular complexity index is 1240. The summed E-state index contributed by atoms with van der Waals surface area (Å²) in [5, 5.41) is 4.23. The van der Waals surface area contributed by atoms with Gasteiger partial charge in [0.1, 0.15) is 0 Å². The van der Waals surface area contributed by atoms with Crippen molar-refractivity contribution in [3.63, 3.8) is 0 Å². The van der Waals surface area contributed by atoms with Crippen LogP contribution in [0.5, 0.6) is 0 Å². The topological polar surface area (TPSA) is 0 Å². The summed E-state index contributed by atoms with van der Waals surface area (Å²) in [4.78, 5) is 0.